The second kappa shape index (κ2) is 9.00. The van der Waals surface area contributed by atoms with Crippen molar-refractivity contribution >= 4 is 28.9 Å². The van der Waals surface area contributed by atoms with Gasteiger partial charge in [0.25, 0.3) is 0 Å². The van der Waals surface area contributed by atoms with Crippen molar-refractivity contribution in [3.05, 3.63) is 41.5 Å². The first-order valence-corrected chi connectivity index (χ1v) is 7.08. The minimum atomic E-state index is -0.378. The van der Waals surface area contributed by atoms with Crippen LogP contribution in [0.25, 0.3) is 6.08 Å². The lowest BCUT2D eigenvalue weighted by Crippen LogP contribution is -1.93. The number of carbonyl (C=O) groups is 2. The van der Waals surface area contributed by atoms with Gasteiger partial charge >= 0.3 is 5.97 Å². The Hall–Kier alpha value is -1.99. The number of rotatable bonds is 4. The highest BCUT2D eigenvalue weighted by atomic mass is 32.2. The van der Waals surface area contributed by atoms with E-state index in [2.05, 4.69) is 16.6 Å². The molecule has 0 saturated carbocycles. The van der Waals surface area contributed by atoms with Crippen LogP contribution in [0.4, 0.5) is 0 Å². The molecule has 1 rings (SSSR count). The van der Waals surface area contributed by atoms with Crippen LogP contribution in [0, 0.1) is 11.8 Å². The van der Waals surface area contributed by atoms with Crippen LogP contribution in [0.15, 0.2) is 30.3 Å². The normalized spacial score (nSPS) is 9.90. The Morgan fingerprint density at radius 3 is 2.60 bits per heavy atom. The number of thioether (sulfide) groups is 1. The smallest absolute Gasteiger partial charge is 0.330 e. The van der Waals surface area contributed by atoms with Crippen molar-refractivity contribution in [2.75, 3.05) is 12.9 Å². The summed E-state index contributed by atoms with van der Waals surface area (Å²) in [6.45, 7) is 1.55. The Kier molecular flexibility index (Phi) is 7.23. The molecular formula is C16H16O3S. The minimum absolute atomic E-state index is 0.119. The van der Waals surface area contributed by atoms with Gasteiger partial charge in [0.1, 0.15) is 0 Å². The van der Waals surface area contributed by atoms with Crippen LogP contribution < -0.4 is 0 Å². The van der Waals surface area contributed by atoms with E-state index in [4.69, 9.17) is 0 Å². The molecule has 0 unspecified atom stereocenters. The molecule has 0 bridgehead atoms. The van der Waals surface area contributed by atoms with Crippen molar-refractivity contribution < 1.29 is 14.3 Å². The summed E-state index contributed by atoms with van der Waals surface area (Å²) >= 11 is 1.29. The number of hydrogen-bond donors (Lipinski definition) is 0. The molecule has 0 heterocycles. The minimum Gasteiger partial charge on any atom is -0.466 e. The summed E-state index contributed by atoms with van der Waals surface area (Å²) in [5.41, 5.74) is 1.82. The van der Waals surface area contributed by atoms with E-state index in [1.165, 1.54) is 24.9 Å². The molecule has 0 aromatic heterocycles. The Morgan fingerprint density at radius 2 is 2.00 bits per heavy atom. The van der Waals surface area contributed by atoms with E-state index in [-0.39, 0.29) is 11.1 Å². The number of benzene rings is 1. The first-order valence-electron chi connectivity index (χ1n) is 6.10. The summed E-state index contributed by atoms with van der Waals surface area (Å²) in [5, 5.41) is 0.119. The maximum atomic E-state index is 10.9. The van der Waals surface area contributed by atoms with Gasteiger partial charge in [0.2, 0.25) is 0 Å². The van der Waals surface area contributed by atoms with Gasteiger partial charge in [-0.1, -0.05) is 35.7 Å². The van der Waals surface area contributed by atoms with E-state index in [9.17, 15) is 9.59 Å². The van der Waals surface area contributed by atoms with Crippen LogP contribution in [-0.4, -0.2) is 23.9 Å². The van der Waals surface area contributed by atoms with Crippen molar-refractivity contribution in [2.24, 2.45) is 0 Å². The Labute approximate surface area is 123 Å². The van der Waals surface area contributed by atoms with E-state index in [0.29, 0.717) is 6.42 Å². The predicted molar refractivity (Wildman–Crippen MR) is 82.1 cm³/mol. The summed E-state index contributed by atoms with van der Waals surface area (Å²) in [4.78, 5) is 21.7. The zero-order chi connectivity index (χ0) is 14.8. The summed E-state index contributed by atoms with van der Waals surface area (Å²) in [7, 11) is 1.34. The van der Waals surface area contributed by atoms with Crippen LogP contribution in [0.5, 0.6) is 0 Å². The summed E-state index contributed by atoms with van der Waals surface area (Å²) in [5.74, 6) is 6.40. The molecule has 0 aliphatic carbocycles. The van der Waals surface area contributed by atoms with Crippen molar-refractivity contribution in [2.45, 2.75) is 13.3 Å². The van der Waals surface area contributed by atoms with Gasteiger partial charge in [0.05, 0.1) is 7.11 Å². The van der Waals surface area contributed by atoms with Crippen molar-refractivity contribution in [1.82, 2.24) is 0 Å². The predicted octanol–water partition coefficient (Wildman–Crippen LogP) is 2.89. The number of hydrogen-bond acceptors (Lipinski definition) is 4. The Balaban J connectivity index is 2.50. The maximum Gasteiger partial charge on any atom is 0.330 e. The molecule has 0 aliphatic rings. The molecule has 1 aromatic rings. The summed E-state index contributed by atoms with van der Waals surface area (Å²) < 4.78 is 4.51. The van der Waals surface area contributed by atoms with Gasteiger partial charge in [-0.05, 0) is 23.8 Å². The van der Waals surface area contributed by atoms with Gasteiger partial charge in [-0.2, -0.15) is 0 Å². The average molecular weight is 288 g/mol. The molecule has 0 radical (unpaired) electrons. The highest BCUT2D eigenvalue weighted by Gasteiger charge is 1.93. The van der Waals surface area contributed by atoms with E-state index in [1.807, 2.05) is 24.3 Å². The highest BCUT2D eigenvalue weighted by molar-refractivity contribution is 8.13. The van der Waals surface area contributed by atoms with Crippen LogP contribution in [0.3, 0.4) is 0 Å². The summed E-state index contributed by atoms with van der Waals surface area (Å²) in [6.07, 6.45) is 3.75. The average Bonchev–Trinajstić information content (AvgIpc) is 2.45. The molecule has 0 amide bonds. The maximum absolute atomic E-state index is 10.9. The monoisotopic (exact) mass is 288 g/mol. The summed E-state index contributed by atoms with van der Waals surface area (Å²) in [6, 6.07) is 7.55. The van der Waals surface area contributed by atoms with Crippen LogP contribution in [-0.2, 0) is 14.3 Å². The first-order chi connectivity index (χ1) is 9.61. The fourth-order valence-corrected chi connectivity index (χ4v) is 1.81. The third-order valence-corrected chi connectivity index (χ3v) is 3.10. The quantitative estimate of drug-likeness (QED) is 0.370. The number of esters is 1. The standard InChI is InChI=1S/C16H16O3S/c1-13(17)20-12-4-3-5-14-6-8-15(9-7-14)10-11-16(18)19-2/h6-11H,4,12H2,1-2H3/b11-10+. The van der Waals surface area contributed by atoms with Crippen molar-refractivity contribution in [3.63, 3.8) is 0 Å². The second-order valence-electron chi connectivity index (χ2n) is 3.87. The molecule has 3 nitrogen and oxygen atoms in total. The zero-order valence-electron chi connectivity index (χ0n) is 11.5. The van der Waals surface area contributed by atoms with E-state index in [1.54, 1.807) is 13.0 Å². The molecule has 0 N–H and O–H groups in total. The largest absolute Gasteiger partial charge is 0.466 e. The molecule has 0 spiro atoms. The van der Waals surface area contributed by atoms with Crippen molar-refractivity contribution in [1.29, 1.82) is 0 Å². The van der Waals surface area contributed by atoms with E-state index < -0.39 is 0 Å². The molecular weight excluding hydrogens is 272 g/mol. The van der Waals surface area contributed by atoms with Gasteiger partial charge in [0, 0.05) is 30.7 Å². The van der Waals surface area contributed by atoms with Crippen LogP contribution in [0.2, 0.25) is 0 Å². The molecule has 0 aliphatic heterocycles. The van der Waals surface area contributed by atoms with Crippen LogP contribution >= 0.6 is 11.8 Å². The third-order valence-electron chi connectivity index (χ3n) is 2.29. The SMILES string of the molecule is COC(=O)/C=C/c1ccc(C#CCCSC(C)=O)cc1. The van der Waals surface area contributed by atoms with Crippen molar-refractivity contribution in [3.8, 4) is 11.8 Å². The number of carbonyl (C=O) groups excluding carboxylic acids is 2. The second-order valence-corrected chi connectivity index (χ2v) is 5.14. The van der Waals surface area contributed by atoms with Gasteiger partial charge < -0.3 is 4.74 Å². The topological polar surface area (TPSA) is 43.4 Å². The molecule has 1 aromatic carbocycles. The van der Waals surface area contributed by atoms with Gasteiger partial charge in [0.15, 0.2) is 5.12 Å². The first kappa shape index (κ1) is 16.1. The lowest BCUT2D eigenvalue weighted by molar-refractivity contribution is -0.134. The molecule has 20 heavy (non-hydrogen) atoms. The molecule has 104 valence electrons. The zero-order valence-corrected chi connectivity index (χ0v) is 12.3. The highest BCUT2D eigenvalue weighted by Crippen LogP contribution is 2.06. The number of ether oxygens (including phenoxy) is 1. The van der Waals surface area contributed by atoms with Gasteiger partial charge in [-0.25, -0.2) is 4.79 Å². The lowest BCUT2D eigenvalue weighted by atomic mass is 10.1. The lowest BCUT2D eigenvalue weighted by Gasteiger charge is -1.94. The Morgan fingerprint density at radius 1 is 1.30 bits per heavy atom. The fraction of sp³-hybridized carbons (Fsp3) is 0.250. The molecule has 0 atom stereocenters. The van der Waals surface area contributed by atoms with Gasteiger partial charge in [-0.15, -0.1) is 0 Å². The fourth-order valence-electron chi connectivity index (χ4n) is 1.32. The molecule has 4 heteroatoms. The van der Waals surface area contributed by atoms with Crippen LogP contribution in [0.1, 0.15) is 24.5 Å². The molecule has 0 fully saturated rings. The molecule has 0 saturated heterocycles. The Bertz CT molecular complexity index is 547. The van der Waals surface area contributed by atoms with Gasteiger partial charge in [-0.3, -0.25) is 4.79 Å². The van der Waals surface area contributed by atoms with E-state index in [0.717, 1.165) is 16.9 Å². The number of methoxy groups -OCH3 is 1. The third kappa shape index (κ3) is 6.81. The van der Waals surface area contributed by atoms with E-state index >= 15 is 0 Å².